The molecule has 1 saturated carbocycles. The monoisotopic (exact) mass is 360 g/mol. The van der Waals surface area contributed by atoms with Gasteiger partial charge in [-0.1, -0.05) is 12.1 Å². The van der Waals surface area contributed by atoms with Gasteiger partial charge in [-0.25, -0.2) is 0 Å². The number of amides is 2. The fourth-order valence-corrected chi connectivity index (χ4v) is 3.71. The number of nitrogens with one attached hydrogen (secondary N) is 1. The molecule has 3 atom stereocenters. The maximum absolute atomic E-state index is 12.5. The summed E-state index contributed by atoms with van der Waals surface area (Å²) < 4.78 is 5.12. The van der Waals surface area contributed by atoms with E-state index < -0.39 is 5.97 Å². The average Bonchev–Trinajstić information content (AvgIpc) is 3.23. The van der Waals surface area contributed by atoms with Gasteiger partial charge in [-0.2, -0.15) is 0 Å². The minimum Gasteiger partial charge on any atom is -0.497 e. The molecular weight excluding hydrogens is 336 g/mol. The van der Waals surface area contributed by atoms with Crippen LogP contribution in [0.25, 0.3) is 0 Å². The van der Waals surface area contributed by atoms with E-state index in [2.05, 4.69) is 5.32 Å². The van der Waals surface area contributed by atoms with Gasteiger partial charge in [-0.15, -0.1) is 0 Å². The normalized spacial score (nSPS) is 25.3. The predicted molar refractivity (Wildman–Crippen MR) is 93.4 cm³/mol. The zero-order valence-electron chi connectivity index (χ0n) is 14.8. The lowest BCUT2D eigenvalue weighted by molar-refractivity contribution is -0.141. The molecule has 2 amide bonds. The first-order chi connectivity index (χ1) is 12.5. The Morgan fingerprint density at radius 1 is 1.23 bits per heavy atom. The van der Waals surface area contributed by atoms with Crippen LogP contribution in [0.3, 0.4) is 0 Å². The highest BCUT2D eigenvalue weighted by Gasteiger charge is 2.37. The molecule has 0 aromatic heterocycles. The summed E-state index contributed by atoms with van der Waals surface area (Å²) in [6.45, 7) is 0.864. The highest BCUT2D eigenvalue weighted by atomic mass is 16.5. The van der Waals surface area contributed by atoms with Gasteiger partial charge in [-0.3, -0.25) is 14.4 Å². The fourth-order valence-electron chi connectivity index (χ4n) is 3.71. The van der Waals surface area contributed by atoms with Crippen LogP contribution in [-0.2, 0) is 20.9 Å². The number of aliphatic carboxylic acids is 1. The average molecular weight is 360 g/mol. The number of carbonyl (C=O) groups excluding carboxylic acids is 2. The zero-order chi connectivity index (χ0) is 18.7. The maximum Gasteiger partial charge on any atom is 0.306 e. The first-order valence-electron chi connectivity index (χ1n) is 8.90. The highest BCUT2D eigenvalue weighted by Crippen LogP contribution is 2.27. The molecule has 7 heteroatoms. The van der Waals surface area contributed by atoms with Crippen molar-refractivity contribution in [3.8, 4) is 5.75 Å². The number of hydrogen-bond acceptors (Lipinski definition) is 4. The van der Waals surface area contributed by atoms with E-state index in [0.717, 1.165) is 11.3 Å². The summed E-state index contributed by atoms with van der Waals surface area (Å²) in [6.07, 6.45) is 1.95. The fraction of sp³-hybridized carbons (Fsp3) is 0.526. The predicted octanol–water partition coefficient (Wildman–Crippen LogP) is 1.41. The van der Waals surface area contributed by atoms with Crippen molar-refractivity contribution in [2.45, 2.75) is 38.3 Å². The van der Waals surface area contributed by atoms with E-state index in [9.17, 15) is 14.4 Å². The number of methoxy groups -OCH3 is 1. The van der Waals surface area contributed by atoms with Gasteiger partial charge in [-0.05, 0) is 37.0 Å². The van der Waals surface area contributed by atoms with Crippen molar-refractivity contribution in [3.05, 3.63) is 29.8 Å². The van der Waals surface area contributed by atoms with Gasteiger partial charge in [0.15, 0.2) is 0 Å². The van der Waals surface area contributed by atoms with E-state index in [1.165, 1.54) is 0 Å². The van der Waals surface area contributed by atoms with Crippen LogP contribution in [0, 0.1) is 11.8 Å². The van der Waals surface area contributed by atoms with Crippen molar-refractivity contribution >= 4 is 17.8 Å². The van der Waals surface area contributed by atoms with Crippen LogP contribution < -0.4 is 10.1 Å². The molecule has 1 aliphatic heterocycles. The first kappa shape index (κ1) is 18.2. The van der Waals surface area contributed by atoms with Gasteiger partial charge < -0.3 is 20.1 Å². The second-order valence-corrected chi connectivity index (χ2v) is 7.08. The van der Waals surface area contributed by atoms with Crippen LogP contribution in [0.2, 0.25) is 0 Å². The second-order valence-electron chi connectivity index (χ2n) is 7.08. The Bertz CT molecular complexity index is 688. The summed E-state index contributed by atoms with van der Waals surface area (Å²) >= 11 is 0. The molecule has 2 N–H and O–H groups in total. The largest absolute Gasteiger partial charge is 0.497 e. The number of carbonyl (C=O) groups is 3. The summed E-state index contributed by atoms with van der Waals surface area (Å²) in [7, 11) is 1.60. The smallest absolute Gasteiger partial charge is 0.306 e. The Kier molecular flexibility index (Phi) is 5.44. The minimum absolute atomic E-state index is 0.0317. The van der Waals surface area contributed by atoms with Crippen molar-refractivity contribution in [1.82, 2.24) is 10.2 Å². The molecule has 26 heavy (non-hydrogen) atoms. The lowest BCUT2D eigenvalue weighted by atomic mass is 10.1. The lowest BCUT2D eigenvalue weighted by Crippen LogP contribution is -2.38. The third-order valence-electron chi connectivity index (χ3n) is 5.25. The lowest BCUT2D eigenvalue weighted by Gasteiger charge is -2.18. The van der Waals surface area contributed by atoms with Gasteiger partial charge in [0, 0.05) is 25.6 Å². The highest BCUT2D eigenvalue weighted by molar-refractivity contribution is 5.89. The topological polar surface area (TPSA) is 95.9 Å². The molecule has 1 saturated heterocycles. The van der Waals surface area contributed by atoms with Crippen molar-refractivity contribution in [1.29, 1.82) is 0 Å². The summed E-state index contributed by atoms with van der Waals surface area (Å²) in [5.41, 5.74) is 0.986. The number of ether oxygens (including phenoxy) is 1. The van der Waals surface area contributed by atoms with E-state index >= 15 is 0 Å². The summed E-state index contributed by atoms with van der Waals surface area (Å²) in [5, 5.41) is 12.0. The molecule has 140 valence electrons. The van der Waals surface area contributed by atoms with Crippen LogP contribution >= 0.6 is 0 Å². The molecule has 2 fully saturated rings. The number of hydrogen-bond donors (Lipinski definition) is 2. The Balaban J connectivity index is 1.52. The quantitative estimate of drug-likeness (QED) is 0.800. The summed E-state index contributed by atoms with van der Waals surface area (Å²) in [6, 6.07) is 7.40. The molecular formula is C19H24N2O5. The SMILES string of the molecule is COc1ccc(CN2CC(C(=O)N[C@@H]3CC[C@H](C(=O)O)C3)CC2=O)cc1. The van der Waals surface area contributed by atoms with E-state index in [1.54, 1.807) is 12.0 Å². The molecule has 1 heterocycles. The molecule has 7 nitrogen and oxygen atoms in total. The molecule has 1 aliphatic carbocycles. The number of benzene rings is 1. The van der Waals surface area contributed by atoms with Crippen LogP contribution in [0.4, 0.5) is 0 Å². The molecule has 1 unspecified atom stereocenters. The molecule has 3 rings (SSSR count). The molecule has 0 bridgehead atoms. The molecule has 0 radical (unpaired) electrons. The third-order valence-corrected chi connectivity index (χ3v) is 5.25. The Hall–Kier alpha value is -2.57. The van der Waals surface area contributed by atoms with Crippen molar-refractivity contribution in [3.63, 3.8) is 0 Å². The Morgan fingerprint density at radius 2 is 1.96 bits per heavy atom. The van der Waals surface area contributed by atoms with Crippen molar-refractivity contribution < 1.29 is 24.2 Å². The molecule has 1 aromatic rings. The Morgan fingerprint density at radius 3 is 2.58 bits per heavy atom. The number of nitrogens with zero attached hydrogens (tertiary/aromatic N) is 1. The second kappa shape index (κ2) is 7.76. The van der Waals surface area contributed by atoms with E-state index in [-0.39, 0.29) is 36.1 Å². The number of rotatable bonds is 6. The van der Waals surface area contributed by atoms with E-state index in [1.807, 2.05) is 24.3 Å². The molecule has 2 aliphatic rings. The van der Waals surface area contributed by atoms with Crippen LogP contribution in [0.5, 0.6) is 5.75 Å². The van der Waals surface area contributed by atoms with Crippen molar-refractivity contribution in [2.75, 3.05) is 13.7 Å². The third kappa shape index (κ3) is 4.15. The van der Waals surface area contributed by atoms with Gasteiger partial charge >= 0.3 is 5.97 Å². The van der Waals surface area contributed by atoms with Gasteiger partial charge in [0.2, 0.25) is 11.8 Å². The summed E-state index contributed by atoms with van der Waals surface area (Å²) in [5.74, 6) is -0.970. The molecule has 0 spiro atoms. The maximum atomic E-state index is 12.5. The standard InChI is InChI=1S/C19H24N2O5/c1-26-16-6-2-12(3-7-16)10-21-11-14(9-17(21)22)18(23)20-15-5-4-13(8-15)19(24)25/h2-3,6-7,13-15H,4-5,8-11H2,1H3,(H,20,23)(H,24,25)/t13-,14?,15+/m0/s1. The van der Waals surface area contributed by atoms with Gasteiger partial charge in [0.25, 0.3) is 0 Å². The minimum atomic E-state index is -0.802. The van der Waals surface area contributed by atoms with E-state index in [4.69, 9.17) is 9.84 Å². The summed E-state index contributed by atoms with van der Waals surface area (Å²) in [4.78, 5) is 37.4. The van der Waals surface area contributed by atoms with Crippen LogP contribution in [0.15, 0.2) is 24.3 Å². The van der Waals surface area contributed by atoms with Crippen LogP contribution in [-0.4, -0.2) is 47.5 Å². The number of likely N-dealkylation sites (tertiary alicyclic amines) is 1. The zero-order valence-corrected chi connectivity index (χ0v) is 14.8. The van der Waals surface area contributed by atoms with Gasteiger partial charge in [0.1, 0.15) is 5.75 Å². The number of carboxylic acid groups (broad SMARTS) is 1. The van der Waals surface area contributed by atoms with Gasteiger partial charge in [0.05, 0.1) is 18.9 Å². The van der Waals surface area contributed by atoms with Crippen LogP contribution in [0.1, 0.15) is 31.2 Å². The Labute approximate surface area is 152 Å². The molecule has 1 aromatic carbocycles. The van der Waals surface area contributed by atoms with E-state index in [0.29, 0.717) is 32.4 Å². The number of carboxylic acids is 1. The van der Waals surface area contributed by atoms with Crippen molar-refractivity contribution in [2.24, 2.45) is 11.8 Å². The first-order valence-corrected chi connectivity index (χ1v) is 8.90.